The summed E-state index contributed by atoms with van der Waals surface area (Å²) in [6, 6.07) is 0. The molecule has 1 fully saturated rings. The van der Waals surface area contributed by atoms with Crippen molar-refractivity contribution in [3.8, 4) is 0 Å². The summed E-state index contributed by atoms with van der Waals surface area (Å²) in [4.78, 5) is 1.15. The lowest BCUT2D eigenvalue weighted by atomic mass is 9.78. The van der Waals surface area contributed by atoms with E-state index in [0.717, 1.165) is 37.4 Å². The summed E-state index contributed by atoms with van der Waals surface area (Å²) < 4.78 is 9.14. The summed E-state index contributed by atoms with van der Waals surface area (Å²) in [6.45, 7) is 1.74. The summed E-state index contributed by atoms with van der Waals surface area (Å²) in [5, 5.41) is 13.3. The van der Waals surface area contributed by atoms with Gasteiger partial charge < -0.3 is 9.84 Å². The van der Waals surface area contributed by atoms with Gasteiger partial charge in [-0.05, 0) is 30.8 Å². The molecule has 14 heavy (non-hydrogen) atoms. The Labute approximate surface area is 87.1 Å². The molecule has 1 aromatic rings. The maximum atomic E-state index is 9.45. The van der Waals surface area contributed by atoms with E-state index in [9.17, 15) is 5.11 Å². The molecule has 0 unspecified atom stereocenters. The third-order valence-electron chi connectivity index (χ3n) is 2.85. The number of hydrogen-bond acceptors (Lipinski definition) is 5. The molecule has 0 amide bonds. The van der Waals surface area contributed by atoms with Gasteiger partial charge in [0.25, 0.3) is 0 Å². The molecule has 1 aliphatic heterocycles. The van der Waals surface area contributed by atoms with Gasteiger partial charge in [0.05, 0.1) is 6.20 Å². The minimum atomic E-state index is 0.00641. The van der Waals surface area contributed by atoms with E-state index in [-0.39, 0.29) is 12.0 Å². The Kier molecular flexibility index (Phi) is 3.10. The highest BCUT2D eigenvalue weighted by Crippen LogP contribution is 2.34. The lowest BCUT2D eigenvalue weighted by molar-refractivity contribution is -0.0153. The Bertz CT molecular complexity index is 270. The first-order valence-electron chi connectivity index (χ1n) is 4.79. The molecule has 2 rings (SSSR count). The van der Waals surface area contributed by atoms with E-state index in [2.05, 4.69) is 9.59 Å². The monoisotopic (exact) mass is 214 g/mol. The highest BCUT2D eigenvalue weighted by molar-refractivity contribution is 7.05. The second kappa shape index (κ2) is 4.33. The van der Waals surface area contributed by atoms with Crippen molar-refractivity contribution in [2.75, 3.05) is 19.8 Å². The van der Waals surface area contributed by atoms with Crippen molar-refractivity contribution < 1.29 is 9.84 Å². The zero-order chi connectivity index (χ0) is 9.86. The SMILES string of the molecule is OCC1(Cc2cnns2)CCOCC1. The smallest absolute Gasteiger partial charge is 0.0653 e. The number of rotatable bonds is 3. The molecular weight excluding hydrogens is 200 g/mol. The Hall–Kier alpha value is -0.520. The molecule has 78 valence electrons. The van der Waals surface area contributed by atoms with Crippen molar-refractivity contribution in [2.45, 2.75) is 19.3 Å². The predicted octanol–water partition coefficient (Wildman–Crippen LogP) is 0.870. The van der Waals surface area contributed by atoms with Crippen molar-refractivity contribution in [2.24, 2.45) is 5.41 Å². The molecule has 0 aliphatic carbocycles. The first-order chi connectivity index (χ1) is 6.85. The summed E-state index contributed by atoms with van der Waals surface area (Å²) in [5.41, 5.74) is 0.00641. The standard InChI is InChI=1S/C9H14N2O2S/c12-7-9(1-3-13-4-2-9)5-8-6-10-11-14-8/h6,12H,1-5,7H2. The van der Waals surface area contributed by atoms with Gasteiger partial charge in [-0.2, -0.15) is 0 Å². The molecule has 4 nitrogen and oxygen atoms in total. The van der Waals surface area contributed by atoms with Gasteiger partial charge in [-0.25, -0.2) is 0 Å². The molecule has 0 atom stereocenters. The Morgan fingerprint density at radius 3 is 2.86 bits per heavy atom. The fourth-order valence-electron chi connectivity index (χ4n) is 1.83. The van der Waals surface area contributed by atoms with Crippen LogP contribution in [0.15, 0.2) is 6.20 Å². The summed E-state index contributed by atoms with van der Waals surface area (Å²) >= 11 is 1.42. The van der Waals surface area contributed by atoms with Crippen LogP contribution in [0.25, 0.3) is 0 Å². The van der Waals surface area contributed by atoms with E-state index in [4.69, 9.17) is 4.74 Å². The first-order valence-corrected chi connectivity index (χ1v) is 5.57. The number of aromatic nitrogens is 2. The van der Waals surface area contributed by atoms with Gasteiger partial charge in [-0.15, -0.1) is 5.10 Å². The minimum absolute atomic E-state index is 0.00641. The molecule has 1 N–H and O–H groups in total. The molecular formula is C9H14N2O2S. The molecule has 2 heterocycles. The van der Waals surface area contributed by atoms with Crippen LogP contribution in [0.4, 0.5) is 0 Å². The highest BCUT2D eigenvalue weighted by atomic mass is 32.1. The second-order valence-electron chi connectivity index (χ2n) is 3.83. The van der Waals surface area contributed by atoms with Gasteiger partial charge in [0.15, 0.2) is 0 Å². The molecule has 1 aliphatic rings. The van der Waals surface area contributed by atoms with Crippen LogP contribution in [0.3, 0.4) is 0 Å². The van der Waals surface area contributed by atoms with Crippen molar-refractivity contribution >= 4 is 11.5 Å². The van der Waals surface area contributed by atoms with E-state index in [1.165, 1.54) is 11.5 Å². The number of aliphatic hydroxyl groups is 1. The van der Waals surface area contributed by atoms with E-state index in [0.29, 0.717) is 0 Å². The quantitative estimate of drug-likeness (QED) is 0.811. The average molecular weight is 214 g/mol. The largest absolute Gasteiger partial charge is 0.396 e. The molecule has 0 aromatic carbocycles. The van der Waals surface area contributed by atoms with Crippen molar-refractivity contribution in [3.05, 3.63) is 11.1 Å². The molecule has 0 saturated carbocycles. The third-order valence-corrected chi connectivity index (χ3v) is 3.51. The normalized spacial score (nSPS) is 20.9. The van der Waals surface area contributed by atoms with E-state index < -0.39 is 0 Å². The molecule has 5 heteroatoms. The molecule has 1 saturated heterocycles. The van der Waals surface area contributed by atoms with Crippen LogP contribution in [-0.4, -0.2) is 34.5 Å². The number of hydrogen-bond donors (Lipinski definition) is 1. The third kappa shape index (κ3) is 2.10. The van der Waals surface area contributed by atoms with Gasteiger partial charge in [-0.3, -0.25) is 0 Å². The second-order valence-corrected chi connectivity index (χ2v) is 4.70. The van der Waals surface area contributed by atoms with E-state index in [1.54, 1.807) is 6.20 Å². The lowest BCUT2D eigenvalue weighted by Gasteiger charge is -2.34. The number of ether oxygens (including phenoxy) is 1. The Balaban J connectivity index is 2.04. The van der Waals surface area contributed by atoms with Crippen molar-refractivity contribution in [1.29, 1.82) is 0 Å². The van der Waals surface area contributed by atoms with Crippen LogP contribution in [-0.2, 0) is 11.2 Å². The highest BCUT2D eigenvalue weighted by Gasteiger charge is 2.32. The Morgan fingerprint density at radius 2 is 2.29 bits per heavy atom. The lowest BCUT2D eigenvalue weighted by Crippen LogP contribution is -2.34. The number of aliphatic hydroxyl groups excluding tert-OH is 1. The van der Waals surface area contributed by atoms with Crippen LogP contribution >= 0.6 is 11.5 Å². The fourth-order valence-corrected chi connectivity index (χ4v) is 2.49. The predicted molar refractivity (Wildman–Crippen MR) is 53.2 cm³/mol. The number of nitrogens with zero attached hydrogens (tertiary/aromatic N) is 2. The van der Waals surface area contributed by atoms with Crippen LogP contribution in [0.1, 0.15) is 17.7 Å². The fraction of sp³-hybridized carbons (Fsp3) is 0.778. The summed E-state index contributed by atoms with van der Waals surface area (Å²) in [5.74, 6) is 0. The van der Waals surface area contributed by atoms with E-state index in [1.807, 2.05) is 0 Å². The topological polar surface area (TPSA) is 55.2 Å². The van der Waals surface area contributed by atoms with Crippen molar-refractivity contribution in [3.63, 3.8) is 0 Å². The summed E-state index contributed by atoms with van der Waals surface area (Å²) in [7, 11) is 0. The summed E-state index contributed by atoms with van der Waals surface area (Å²) in [6.07, 6.45) is 4.53. The minimum Gasteiger partial charge on any atom is -0.396 e. The first kappa shape index (κ1) is 10.0. The van der Waals surface area contributed by atoms with Gasteiger partial charge in [0.1, 0.15) is 0 Å². The van der Waals surface area contributed by atoms with Crippen molar-refractivity contribution in [1.82, 2.24) is 9.59 Å². The van der Waals surface area contributed by atoms with Gasteiger partial charge in [0.2, 0.25) is 0 Å². The van der Waals surface area contributed by atoms with Crippen LogP contribution in [0.5, 0.6) is 0 Å². The average Bonchev–Trinajstić information content (AvgIpc) is 2.72. The molecule has 1 aromatic heterocycles. The van der Waals surface area contributed by atoms with Gasteiger partial charge in [0, 0.05) is 30.1 Å². The van der Waals surface area contributed by atoms with E-state index >= 15 is 0 Å². The van der Waals surface area contributed by atoms with Crippen LogP contribution in [0.2, 0.25) is 0 Å². The molecule has 0 radical (unpaired) electrons. The van der Waals surface area contributed by atoms with Gasteiger partial charge >= 0.3 is 0 Å². The zero-order valence-electron chi connectivity index (χ0n) is 7.98. The molecule has 0 bridgehead atoms. The maximum Gasteiger partial charge on any atom is 0.0653 e. The zero-order valence-corrected chi connectivity index (χ0v) is 8.79. The maximum absolute atomic E-state index is 9.45. The molecule has 0 spiro atoms. The Morgan fingerprint density at radius 1 is 1.50 bits per heavy atom. The van der Waals surface area contributed by atoms with Crippen LogP contribution < -0.4 is 0 Å². The van der Waals surface area contributed by atoms with Crippen LogP contribution in [0, 0.1) is 5.41 Å². The van der Waals surface area contributed by atoms with Gasteiger partial charge in [-0.1, -0.05) is 4.49 Å².